The van der Waals surface area contributed by atoms with Crippen molar-refractivity contribution in [3.05, 3.63) is 76.0 Å². The monoisotopic (exact) mass is 348 g/mol. The topological polar surface area (TPSA) is 71.1 Å². The van der Waals surface area contributed by atoms with E-state index >= 15 is 0 Å². The molecule has 0 aliphatic carbocycles. The van der Waals surface area contributed by atoms with Gasteiger partial charge in [0.2, 0.25) is 0 Å². The molecule has 3 heterocycles. The lowest BCUT2D eigenvalue weighted by molar-refractivity contribution is 0.238. The molecule has 26 heavy (non-hydrogen) atoms. The molecule has 2 aromatic heterocycles. The summed E-state index contributed by atoms with van der Waals surface area (Å²) in [6, 6.07) is 11.7. The first-order valence-electron chi connectivity index (χ1n) is 8.61. The largest absolute Gasteiger partial charge is 0.496 e. The van der Waals surface area contributed by atoms with Crippen molar-refractivity contribution in [2.45, 2.75) is 19.5 Å². The van der Waals surface area contributed by atoms with Gasteiger partial charge in [-0.3, -0.25) is 14.7 Å². The molecular formula is C20H20N4O2. The van der Waals surface area contributed by atoms with Gasteiger partial charge in [0.05, 0.1) is 18.4 Å². The first kappa shape index (κ1) is 16.5. The molecule has 0 spiro atoms. The van der Waals surface area contributed by atoms with Gasteiger partial charge >= 0.3 is 0 Å². The second kappa shape index (κ2) is 7.09. The number of para-hydroxylation sites is 1. The van der Waals surface area contributed by atoms with E-state index in [-0.39, 0.29) is 5.56 Å². The Balaban J connectivity index is 1.59. The molecule has 1 aliphatic rings. The number of fused-ring (bicyclic) bond motifs is 1. The minimum atomic E-state index is -0.0708. The molecule has 0 fully saturated rings. The maximum atomic E-state index is 12.6. The van der Waals surface area contributed by atoms with Gasteiger partial charge in [0.15, 0.2) is 0 Å². The first-order valence-corrected chi connectivity index (χ1v) is 8.61. The van der Waals surface area contributed by atoms with Crippen molar-refractivity contribution in [2.24, 2.45) is 0 Å². The molecule has 1 N–H and O–H groups in total. The fourth-order valence-corrected chi connectivity index (χ4v) is 3.33. The van der Waals surface area contributed by atoms with Gasteiger partial charge in [-0.15, -0.1) is 0 Å². The summed E-state index contributed by atoms with van der Waals surface area (Å²) in [5.41, 5.74) is 3.50. The average Bonchev–Trinajstić information content (AvgIpc) is 2.69. The van der Waals surface area contributed by atoms with Gasteiger partial charge in [-0.05, 0) is 18.2 Å². The van der Waals surface area contributed by atoms with Gasteiger partial charge < -0.3 is 9.72 Å². The maximum absolute atomic E-state index is 12.6. The minimum absolute atomic E-state index is 0.0708. The van der Waals surface area contributed by atoms with Gasteiger partial charge in [-0.2, -0.15) is 0 Å². The number of nitrogens with one attached hydrogen (secondary N) is 1. The van der Waals surface area contributed by atoms with E-state index in [0.29, 0.717) is 12.4 Å². The highest BCUT2D eigenvalue weighted by atomic mass is 16.5. The van der Waals surface area contributed by atoms with E-state index < -0.39 is 0 Å². The van der Waals surface area contributed by atoms with Crippen LogP contribution in [-0.2, 0) is 19.5 Å². The summed E-state index contributed by atoms with van der Waals surface area (Å²) in [5.74, 6) is 1.46. The zero-order valence-electron chi connectivity index (χ0n) is 14.6. The number of nitrogens with zero attached hydrogens (tertiary/aromatic N) is 3. The number of pyridine rings is 1. The third-order valence-electron chi connectivity index (χ3n) is 4.67. The number of aromatic amines is 1. The van der Waals surface area contributed by atoms with Crippen LogP contribution in [0.3, 0.4) is 0 Å². The van der Waals surface area contributed by atoms with Crippen molar-refractivity contribution in [2.75, 3.05) is 13.7 Å². The fourth-order valence-electron chi connectivity index (χ4n) is 3.33. The van der Waals surface area contributed by atoms with Crippen LogP contribution < -0.4 is 10.3 Å². The number of benzene rings is 1. The quantitative estimate of drug-likeness (QED) is 0.784. The van der Waals surface area contributed by atoms with Crippen LogP contribution in [0, 0.1) is 0 Å². The second-order valence-corrected chi connectivity index (χ2v) is 6.35. The van der Waals surface area contributed by atoms with E-state index in [1.54, 1.807) is 19.5 Å². The Kier molecular flexibility index (Phi) is 4.50. The molecule has 6 nitrogen and oxygen atoms in total. The fraction of sp³-hybridized carbons (Fsp3) is 0.250. The number of H-pyrrole nitrogens is 1. The Morgan fingerprint density at radius 2 is 2.12 bits per heavy atom. The van der Waals surface area contributed by atoms with Crippen LogP contribution in [0.5, 0.6) is 5.75 Å². The number of aromatic nitrogens is 3. The average molecular weight is 348 g/mol. The summed E-state index contributed by atoms with van der Waals surface area (Å²) in [7, 11) is 1.68. The Bertz CT molecular complexity index is 969. The molecule has 0 radical (unpaired) electrons. The Labute approximate surface area is 151 Å². The molecular weight excluding hydrogens is 328 g/mol. The van der Waals surface area contributed by atoms with E-state index in [1.165, 1.54) is 0 Å². The minimum Gasteiger partial charge on any atom is -0.496 e. The lowest BCUT2D eigenvalue weighted by Gasteiger charge is -2.28. The van der Waals surface area contributed by atoms with E-state index in [2.05, 4.69) is 25.9 Å². The van der Waals surface area contributed by atoms with E-state index in [0.717, 1.165) is 47.6 Å². The number of ether oxygens (including phenoxy) is 1. The van der Waals surface area contributed by atoms with Crippen LogP contribution in [0.2, 0.25) is 0 Å². The zero-order chi connectivity index (χ0) is 17.9. The molecule has 4 rings (SSSR count). The van der Waals surface area contributed by atoms with Gasteiger partial charge in [-0.1, -0.05) is 18.2 Å². The van der Waals surface area contributed by atoms with Gasteiger partial charge in [0.25, 0.3) is 5.56 Å². The molecule has 132 valence electrons. The predicted molar refractivity (Wildman–Crippen MR) is 98.9 cm³/mol. The summed E-state index contributed by atoms with van der Waals surface area (Å²) in [5, 5.41) is 0. The molecule has 1 aliphatic heterocycles. The molecule has 3 aromatic rings. The Hall–Kier alpha value is -2.99. The number of rotatable bonds is 4. The van der Waals surface area contributed by atoms with Crippen molar-refractivity contribution in [1.29, 1.82) is 0 Å². The van der Waals surface area contributed by atoms with E-state index in [9.17, 15) is 4.79 Å². The summed E-state index contributed by atoms with van der Waals surface area (Å²) in [4.78, 5) is 26.5. The third kappa shape index (κ3) is 3.23. The number of hydrogen-bond acceptors (Lipinski definition) is 5. The van der Waals surface area contributed by atoms with Crippen LogP contribution in [0.15, 0.2) is 53.6 Å². The van der Waals surface area contributed by atoms with Crippen molar-refractivity contribution >= 4 is 0 Å². The van der Waals surface area contributed by atoms with Crippen molar-refractivity contribution in [3.8, 4) is 17.1 Å². The standard InChI is InChI=1S/C20H20N4O2/c1-26-18-7-3-2-5-15(18)12-24-10-8-17-16(13-24)20(25)23-19(22-17)14-6-4-9-21-11-14/h2-7,9,11H,8,10,12-13H2,1H3,(H,22,23,25). The Morgan fingerprint density at radius 1 is 1.23 bits per heavy atom. The highest BCUT2D eigenvalue weighted by molar-refractivity contribution is 5.53. The maximum Gasteiger partial charge on any atom is 0.255 e. The van der Waals surface area contributed by atoms with Crippen molar-refractivity contribution in [1.82, 2.24) is 19.9 Å². The SMILES string of the molecule is COc1ccccc1CN1CCc2nc(-c3cccnc3)[nH]c(=O)c2C1. The van der Waals surface area contributed by atoms with Crippen molar-refractivity contribution in [3.63, 3.8) is 0 Å². The van der Waals surface area contributed by atoms with Crippen LogP contribution >= 0.6 is 0 Å². The summed E-state index contributed by atoms with van der Waals surface area (Å²) in [6.07, 6.45) is 4.17. The lowest BCUT2D eigenvalue weighted by atomic mass is 10.1. The molecule has 0 amide bonds. The molecule has 1 aromatic carbocycles. The van der Waals surface area contributed by atoms with E-state index in [4.69, 9.17) is 4.74 Å². The number of hydrogen-bond donors (Lipinski definition) is 1. The smallest absolute Gasteiger partial charge is 0.255 e. The number of methoxy groups -OCH3 is 1. The van der Waals surface area contributed by atoms with Gasteiger partial charge in [0, 0.05) is 49.6 Å². The zero-order valence-corrected chi connectivity index (χ0v) is 14.6. The van der Waals surface area contributed by atoms with Crippen LogP contribution in [0.1, 0.15) is 16.8 Å². The van der Waals surface area contributed by atoms with Crippen LogP contribution in [0.4, 0.5) is 0 Å². The lowest BCUT2D eigenvalue weighted by Crippen LogP contribution is -2.35. The predicted octanol–water partition coefficient (Wildman–Crippen LogP) is 2.40. The summed E-state index contributed by atoms with van der Waals surface area (Å²) < 4.78 is 5.43. The summed E-state index contributed by atoms with van der Waals surface area (Å²) >= 11 is 0. The van der Waals surface area contributed by atoms with Crippen LogP contribution in [-0.4, -0.2) is 33.5 Å². The van der Waals surface area contributed by atoms with Gasteiger partial charge in [-0.25, -0.2) is 4.98 Å². The highest BCUT2D eigenvalue weighted by Crippen LogP contribution is 2.23. The first-order chi connectivity index (χ1) is 12.7. The third-order valence-corrected chi connectivity index (χ3v) is 4.67. The van der Waals surface area contributed by atoms with E-state index in [1.807, 2.05) is 30.3 Å². The van der Waals surface area contributed by atoms with Crippen LogP contribution in [0.25, 0.3) is 11.4 Å². The Morgan fingerprint density at radius 3 is 2.92 bits per heavy atom. The summed E-state index contributed by atoms with van der Waals surface area (Å²) in [6.45, 7) is 2.18. The molecule has 0 bridgehead atoms. The second-order valence-electron chi connectivity index (χ2n) is 6.35. The molecule has 0 saturated heterocycles. The van der Waals surface area contributed by atoms with Gasteiger partial charge in [0.1, 0.15) is 11.6 Å². The van der Waals surface area contributed by atoms with Crippen molar-refractivity contribution < 1.29 is 4.74 Å². The highest BCUT2D eigenvalue weighted by Gasteiger charge is 2.22. The molecule has 0 unspecified atom stereocenters. The molecule has 0 atom stereocenters. The molecule has 0 saturated carbocycles. The molecule has 6 heteroatoms. The normalized spacial score (nSPS) is 14.0.